The van der Waals surface area contributed by atoms with Gasteiger partial charge in [-0.05, 0) is 54.8 Å². The highest BCUT2D eigenvalue weighted by Crippen LogP contribution is 2.33. The van der Waals surface area contributed by atoms with Gasteiger partial charge in [-0.2, -0.15) is 0 Å². The van der Waals surface area contributed by atoms with Gasteiger partial charge < -0.3 is 10.4 Å². The van der Waals surface area contributed by atoms with Crippen LogP contribution in [0.4, 0.5) is 0 Å². The lowest BCUT2D eigenvalue weighted by Crippen LogP contribution is -2.39. The molecule has 0 unspecified atom stereocenters. The molecule has 28 heavy (non-hydrogen) atoms. The summed E-state index contributed by atoms with van der Waals surface area (Å²) in [4.78, 5) is 0.437. The highest BCUT2D eigenvalue weighted by molar-refractivity contribution is 7.91. The van der Waals surface area contributed by atoms with Crippen molar-refractivity contribution >= 4 is 19.7 Å². The number of hydrogen-bond donors (Lipinski definition) is 2. The summed E-state index contributed by atoms with van der Waals surface area (Å²) >= 11 is 0. The lowest BCUT2D eigenvalue weighted by atomic mass is 9.83. The van der Waals surface area contributed by atoms with Crippen molar-refractivity contribution in [1.82, 2.24) is 5.32 Å². The van der Waals surface area contributed by atoms with Crippen LogP contribution in [0.25, 0.3) is 0 Å². The van der Waals surface area contributed by atoms with Crippen molar-refractivity contribution in [3.63, 3.8) is 0 Å². The van der Waals surface area contributed by atoms with Crippen LogP contribution in [0.15, 0.2) is 58.3 Å². The van der Waals surface area contributed by atoms with E-state index in [1.54, 1.807) is 24.3 Å². The Morgan fingerprint density at radius 2 is 1.29 bits per heavy atom. The molecule has 1 aliphatic heterocycles. The Kier molecular flexibility index (Phi) is 5.95. The lowest BCUT2D eigenvalue weighted by Gasteiger charge is -2.29. The minimum atomic E-state index is -3.31. The van der Waals surface area contributed by atoms with Gasteiger partial charge >= 0.3 is 0 Å². The maximum atomic E-state index is 11.7. The standard InChI is InChI=1S/C20H25NO5S2/c1-27(23,24)16-9-5-14(6-10-16)19(20(22)18-4-3-13-21-18)15-7-11-17(12-8-15)28(2,25)26/h5-12,18-22H,3-4,13H2,1-2H3/t18-,20-/m0/s1. The molecule has 0 aliphatic carbocycles. The number of rotatable bonds is 6. The van der Waals surface area contributed by atoms with Crippen molar-refractivity contribution in [2.24, 2.45) is 0 Å². The molecule has 2 aromatic rings. The van der Waals surface area contributed by atoms with Crippen LogP contribution >= 0.6 is 0 Å². The van der Waals surface area contributed by atoms with E-state index in [1.807, 2.05) is 0 Å². The van der Waals surface area contributed by atoms with Crippen LogP contribution in [0.3, 0.4) is 0 Å². The first kappa shape index (κ1) is 21.0. The van der Waals surface area contributed by atoms with Crippen LogP contribution in [0.5, 0.6) is 0 Å². The Bertz CT molecular complexity index is 948. The fraction of sp³-hybridized carbons (Fsp3) is 0.400. The average molecular weight is 424 g/mol. The van der Waals surface area contributed by atoms with Crippen LogP contribution in [0.1, 0.15) is 29.9 Å². The zero-order valence-corrected chi connectivity index (χ0v) is 17.5. The number of nitrogens with one attached hydrogen (secondary N) is 1. The number of sulfone groups is 2. The largest absolute Gasteiger partial charge is 0.391 e. The third-order valence-corrected chi connectivity index (χ3v) is 7.44. The molecule has 0 amide bonds. The second-order valence-electron chi connectivity index (χ2n) is 7.35. The third kappa shape index (κ3) is 4.63. The highest BCUT2D eigenvalue weighted by Gasteiger charge is 2.32. The summed E-state index contributed by atoms with van der Waals surface area (Å²) in [6.07, 6.45) is 3.41. The molecule has 2 atom stereocenters. The average Bonchev–Trinajstić information content (AvgIpc) is 3.16. The monoisotopic (exact) mass is 423 g/mol. The second-order valence-corrected chi connectivity index (χ2v) is 11.4. The molecule has 1 fully saturated rings. The molecule has 152 valence electrons. The van der Waals surface area contributed by atoms with Gasteiger partial charge in [0.05, 0.1) is 15.9 Å². The Hall–Kier alpha value is -1.74. The zero-order chi connectivity index (χ0) is 20.5. The molecule has 1 heterocycles. The first-order valence-corrected chi connectivity index (χ1v) is 12.9. The van der Waals surface area contributed by atoms with Gasteiger partial charge in [-0.15, -0.1) is 0 Å². The van der Waals surface area contributed by atoms with Gasteiger partial charge in [0.2, 0.25) is 0 Å². The molecular formula is C20H25NO5S2. The van der Waals surface area contributed by atoms with E-state index in [9.17, 15) is 21.9 Å². The third-order valence-electron chi connectivity index (χ3n) is 5.19. The Morgan fingerprint density at radius 1 is 0.857 bits per heavy atom. The van der Waals surface area contributed by atoms with E-state index in [-0.39, 0.29) is 15.8 Å². The molecule has 0 bridgehead atoms. The Balaban J connectivity index is 2.02. The molecule has 8 heteroatoms. The molecule has 0 aromatic heterocycles. The number of hydrogen-bond acceptors (Lipinski definition) is 6. The van der Waals surface area contributed by atoms with Crippen LogP contribution < -0.4 is 5.32 Å². The fourth-order valence-electron chi connectivity index (χ4n) is 3.67. The van der Waals surface area contributed by atoms with Crippen molar-refractivity contribution in [3.05, 3.63) is 59.7 Å². The summed E-state index contributed by atoms with van der Waals surface area (Å²) < 4.78 is 47.0. The molecular weight excluding hydrogens is 398 g/mol. The number of aliphatic hydroxyl groups is 1. The molecule has 3 rings (SSSR count). The molecule has 0 saturated carbocycles. The van der Waals surface area contributed by atoms with Crippen molar-refractivity contribution in [2.45, 2.75) is 40.7 Å². The predicted molar refractivity (Wildman–Crippen MR) is 108 cm³/mol. The quantitative estimate of drug-likeness (QED) is 0.734. The zero-order valence-electron chi connectivity index (χ0n) is 15.9. The van der Waals surface area contributed by atoms with Crippen molar-refractivity contribution < 1.29 is 21.9 Å². The summed E-state index contributed by atoms with van der Waals surface area (Å²) in [5.41, 5.74) is 1.56. The molecule has 2 aromatic carbocycles. The number of benzene rings is 2. The minimum absolute atomic E-state index is 0.0748. The molecule has 0 spiro atoms. The van der Waals surface area contributed by atoms with Gasteiger partial charge in [-0.1, -0.05) is 24.3 Å². The fourth-order valence-corrected chi connectivity index (χ4v) is 4.93. The van der Waals surface area contributed by atoms with Crippen molar-refractivity contribution in [3.8, 4) is 0 Å². The van der Waals surface area contributed by atoms with Crippen LogP contribution in [0.2, 0.25) is 0 Å². The maximum absolute atomic E-state index is 11.7. The van der Waals surface area contributed by atoms with E-state index in [1.165, 1.54) is 24.3 Å². The lowest BCUT2D eigenvalue weighted by molar-refractivity contribution is 0.119. The van der Waals surface area contributed by atoms with Gasteiger partial charge in [0.25, 0.3) is 0 Å². The van der Waals surface area contributed by atoms with E-state index in [4.69, 9.17) is 0 Å². The second kappa shape index (κ2) is 7.94. The Morgan fingerprint density at radius 3 is 1.61 bits per heavy atom. The predicted octanol–water partition coefficient (Wildman–Crippen LogP) is 1.74. The maximum Gasteiger partial charge on any atom is 0.175 e. The topological polar surface area (TPSA) is 101 Å². The first-order chi connectivity index (χ1) is 13.1. The summed E-state index contributed by atoms with van der Waals surface area (Å²) in [5, 5.41) is 14.4. The van der Waals surface area contributed by atoms with Crippen molar-refractivity contribution in [2.75, 3.05) is 19.1 Å². The van der Waals surface area contributed by atoms with Gasteiger partial charge in [-0.25, -0.2) is 16.8 Å². The van der Waals surface area contributed by atoms with Gasteiger partial charge in [0.15, 0.2) is 19.7 Å². The van der Waals surface area contributed by atoms with Crippen molar-refractivity contribution in [1.29, 1.82) is 0 Å². The summed E-state index contributed by atoms with van der Waals surface area (Å²) in [6, 6.07) is 12.9. The summed E-state index contributed by atoms with van der Waals surface area (Å²) in [5.74, 6) is -0.405. The summed E-state index contributed by atoms with van der Waals surface area (Å²) in [6.45, 7) is 0.842. The van der Waals surface area contributed by atoms with E-state index < -0.39 is 31.7 Å². The van der Waals surface area contributed by atoms with Crippen LogP contribution in [-0.4, -0.2) is 53.1 Å². The molecule has 2 N–H and O–H groups in total. The molecule has 1 aliphatic rings. The summed E-state index contributed by atoms with van der Waals surface area (Å²) in [7, 11) is -6.62. The van der Waals surface area contributed by atoms with E-state index in [0.29, 0.717) is 0 Å². The minimum Gasteiger partial charge on any atom is -0.391 e. The normalized spacial score (nSPS) is 19.1. The Labute approximate surface area is 166 Å². The molecule has 0 radical (unpaired) electrons. The highest BCUT2D eigenvalue weighted by atomic mass is 32.2. The van der Waals surface area contributed by atoms with E-state index in [0.717, 1.165) is 43.0 Å². The SMILES string of the molecule is CS(=O)(=O)c1ccc(C(c2ccc(S(C)(=O)=O)cc2)[C@@H](O)[C@@H]2CCCN2)cc1. The molecule has 1 saturated heterocycles. The van der Waals surface area contributed by atoms with E-state index in [2.05, 4.69) is 5.32 Å². The number of aliphatic hydroxyl groups excluding tert-OH is 1. The van der Waals surface area contributed by atoms with Crippen LogP contribution in [0, 0.1) is 0 Å². The van der Waals surface area contributed by atoms with Crippen LogP contribution in [-0.2, 0) is 19.7 Å². The van der Waals surface area contributed by atoms with Gasteiger partial charge in [0.1, 0.15) is 0 Å². The van der Waals surface area contributed by atoms with E-state index >= 15 is 0 Å². The first-order valence-electron chi connectivity index (χ1n) is 9.09. The smallest absolute Gasteiger partial charge is 0.175 e. The molecule has 6 nitrogen and oxygen atoms in total. The van der Waals surface area contributed by atoms with Gasteiger partial charge in [0, 0.05) is 24.5 Å². The van der Waals surface area contributed by atoms with Gasteiger partial charge in [-0.3, -0.25) is 0 Å².